The van der Waals surface area contributed by atoms with E-state index in [1.807, 2.05) is 13.8 Å². The van der Waals surface area contributed by atoms with Gasteiger partial charge in [0.05, 0.1) is 4.48 Å². The maximum absolute atomic E-state index is 12.7. The van der Waals surface area contributed by atoms with E-state index in [-0.39, 0.29) is 10.4 Å². The second-order valence-corrected chi connectivity index (χ2v) is 3.23. The molecule has 0 saturated carbocycles. The fourth-order valence-corrected chi connectivity index (χ4v) is 1.05. The Balaban J connectivity index is 4.67. The minimum Gasteiger partial charge on any atom is -0.402 e. The largest absolute Gasteiger partial charge is 0.402 e. The van der Waals surface area contributed by atoms with Crippen LogP contribution in [0.5, 0.6) is 0 Å². The predicted octanol–water partition coefficient (Wildman–Crippen LogP) is 1.98. The zero-order valence-corrected chi connectivity index (χ0v) is 8.15. The first-order valence-electron chi connectivity index (χ1n) is 3.23. The first-order valence-corrected chi connectivity index (χ1v) is 4.03. The Hall–Kier alpha value is -0.510. The van der Waals surface area contributed by atoms with Gasteiger partial charge in [-0.25, -0.2) is 4.39 Å². The van der Waals surface area contributed by atoms with Gasteiger partial charge in [-0.15, -0.1) is 0 Å². The van der Waals surface area contributed by atoms with Gasteiger partial charge in [-0.3, -0.25) is 0 Å². The molecule has 0 saturated heterocycles. The maximum Gasteiger partial charge on any atom is 0.154 e. The Bertz CT molecular complexity index is 197. The molecule has 0 aliphatic rings. The van der Waals surface area contributed by atoms with E-state index in [0.717, 1.165) is 6.20 Å². The fraction of sp³-hybridized carbons (Fsp3) is 0.429. The molecule has 0 aromatic carbocycles. The normalized spacial score (nSPS) is 15.2. The summed E-state index contributed by atoms with van der Waals surface area (Å²) in [5, 5.41) is 0. The molecule has 11 heavy (non-hydrogen) atoms. The molecular weight excluding hydrogens is 211 g/mol. The van der Waals surface area contributed by atoms with Crippen LogP contribution in [0.25, 0.3) is 0 Å². The SMILES string of the molecule is CC(C)/C(N)=C(Br)/C(F)=C\N. The number of hydrogen-bond acceptors (Lipinski definition) is 2. The van der Waals surface area contributed by atoms with Crippen molar-refractivity contribution < 1.29 is 4.39 Å². The van der Waals surface area contributed by atoms with Crippen molar-refractivity contribution in [1.82, 2.24) is 0 Å². The smallest absolute Gasteiger partial charge is 0.154 e. The van der Waals surface area contributed by atoms with Crippen LogP contribution in [0.15, 0.2) is 22.2 Å². The molecule has 0 atom stereocenters. The number of nitrogens with two attached hydrogens (primary N) is 2. The summed E-state index contributed by atoms with van der Waals surface area (Å²) in [5.41, 5.74) is 10.9. The fourth-order valence-electron chi connectivity index (χ4n) is 0.464. The van der Waals surface area contributed by atoms with Crippen LogP contribution in [0.4, 0.5) is 4.39 Å². The standard InChI is InChI=1S/C7H12BrFN2/c1-4(2)7(11)6(8)5(9)3-10/h3-4H,10-11H2,1-2H3/b5-3+,7-6+. The average molecular weight is 223 g/mol. The minimum atomic E-state index is -0.531. The summed E-state index contributed by atoms with van der Waals surface area (Å²) in [4.78, 5) is 0. The van der Waals surface area contributed by atoms with Crippen LogP contribution in [0.3, 0.4) is 0 Å². The lowest BCUT2D eigenvalue weighted by atomic mass is 10.1. The van der Waals surface area contributed by atoms with Crippen LogP contribution in [0.1, 0.15) is 13.8 Å². The van der Waals surface area contributed by atoms with E-state index in [4.69, 9.17) is 11.5 Å². The van der Waals surface area contributed by atoms with Gasteiger partial charge < -0.3 is 11.5 Å². The highest BCUT2D eigenvalue weighted by atomic mass is 79.9. The summed E-state index contributed by atoms with van der Waals surface area (Å²) in [6.07, 6.45) is 0.874. The molecular formula is C7H12BrFN2. The number of allylic oxidation sites excluding steroid dienone is 3. The van der Waals surface area contributed by atoms with E-state index in [0.29, 0.717) is 5.70 Å². The Morgan fingerprint density at radius 1 is 1.55 bits per heavy atom. The van der Waals surface area contributed by atoms with Crippen LogP contribution in [-0.4, -0.2) is 0 Å². The third-order valence-corrected chi connectivity index (χ3v) is 2.07. The molecule has 64 valence electrons. The van der Waals surface area contributed by atoms with Gasteiger partial charge in [0, 0.05) is 11.9 Å². The van der Waals surface area contributed by atoms with Crippen molar-refractivity contribution in [1.29, 1.82) is 0 Å². The molecule has 0 bridgehead atoms. The zero-order chi connectivity index (χ0) is 9.02. The molecule has 4 heteroatoms. The molecule has 0 aromatic heterocycles. The van der Waals surface area contributed by atoms with E-state index in [1.165, 1.54) is 0 Å². The topological polar surface area (TPSA) is 52.0 Å². The molecule has 2 nitrogen and oxygen atoms in total. The van der Waals surface area contributed by atoms with E-state index in [2.05, 4.69) is 15.9 Å². The molecule has 0 aliphatic carbocycles. The minimum absolute atomic E-state index is 0.107. The molecule has 0 unspecified atom stereocenters. The second-order valence-electron chi connectivity index (χ2n) is 2.44. The second kappa shape index (κ2) is 4.38. The number of rotatable bonds is 2. The van der Waals surface area contributed by atoms with E-state index >= 15 is 0 Å². The van der Waals surface area contributed by atoms with Gasteiger partial charge in [-0.05, 0) is 21.8 Å². The van der Waals surface area contributed by atoms with Crippen molar-refractivity contribution >= 4 is 15.9 Å². The summed E-state index contributed by atoms with van der Waals surface area (Å²) in [6, 6.07) is 0. The Kier molecular flexibility index (Phi) is 4.18. The van der Waals surface area contributed by atoms with Gasteiger partial charge in [-0.1, -0.05) is 13.8 Å². The van der Waals surface area contributed by atoms with Crippen LogP contribution < -0.4 is 11.5 Å². The molecule has 0 aliphatic heterocycles. The number of halogens is 2. The van der Waals surface area contributed by atoms with Crippen molar-refractivity contribution in [3.8, 4) is 0 Å². The molecule has 0 spiro atoms. The van der Waals surface area contributed by atoms with E-state index in [1.54, 1.807) is 0 Å². The Morgan fingerprint density at radius 2 is 2.00 bits per heavy atom. The van der Waals surface area contributed by atoms with Crippen molar-refractivity contribution in [3.63, 3.8) is 0 Å². The van der Waals surface area contributed by atoms with Crippen molar-refractivity contribution in [3.05, 3.63) is 22.2 Å². The first kappa shape index (κ1) is 10.5. The summed E-state index contributed by atoms with van der Waals surface area (Å²) in [7, 11) is 0. The van der Waals surface area contributed by atoms with Crippen LogP contribution in [0.2, 0.25) is 0 Å². The molecule has 4 N–H and O–H groups in total. The van der Waals surface area contributed by atoms with Crippen molar-refractivity contribution in [2.75, 3.05) is 0 Å². The van der Waals surface area contributed by atoms with Gasteiger partial charge in [0.25, 0.3) is 0 Å². The predicted molar refractivity (Wildman–Crippen MR) is 48.4 cm³/mol. The quantitative estimate of drug-likeness (QED) is 0.703. The average Bonchev–Trinajstić information content (AvgIpc) is 2.00. The van der Waals surface area contributed by atoms with E-state index < -0.39 is 5.83 Å². The van der Waals surface area contributed by atoms with Gasteiger partial charge >= 0.3 is 0 Å². The van der Waals surface area contributed by atoms with Crippen LogP contribution >= 0.6 is 15.9 Å². The van der Waals surface area contributed by atoms with Gasteiger partial charge in [0.2, 0.25) is 0 Å². The summed E-state index contributed by atoms with van der Waals surface area (Å²) >= 11 is 3.00. The zero-order valence-electron chi connectivity index (χ0n) is 6.57. The monoisotopic (exact) mass is 222 g/mol. The highest BCUT2D eigenvalue weighted by molar-refractivity contribution is 9.12. The summed E-state index contributed by atoms with van der Waals surface area (Å²) < 4.78 is 12.9. The lowest BCUT2D eigenvalue weighted by Gasteiger charge is -2.06. The summed E-state index contributed by atoms with van der Waals surface area (Å²) in [5.74, 6) is -0.425. The third kappa shape index (κ3) is 2.93. The van der Waals surface area contributed by atoms with Crippen molar-refractivity contribution in [2.24, 2.45) is 17.4 Å². The van der Waals surface area contributed by atoms with Gasteiger partial charge in [0.15, 0.2) is 5.83 Å². The summed E-state index contributed by atoms with van der Waals surface area (Å²) in [6.45, 7) is 3.75. The lowest BCUT2D eigenvalue weighted by Crippen LogP contribution is -2.07. The Labute approximate surface area is 74.3 Å². The highest BCUT2D eigenvalue weighted by Crippen LogP contribution is 2.23. The molecule has 0 rings (SSSR count). The Morgan fingerprint density at radius 3 is 2.27 bits per heavy atom. The van der Waals surface area contributed by atoms with Crippen LogP contribution in [-0.2, 0) is 0 Å². The highest BCUT2D eigenvalue weighted by Gasteiger charge is 2.07. The van der Waals surface area contributed by atoms with Crippen LogP contribution in [0, 0.1) is 5.92 Å². The molecule has 0 aromatic rings. The molecule has 0 fully saturated rings. The number of hydrogen-bond donors (Lipinski definition) is 2. The van der Waals surface area contributed by atoms with E-state index in [9.17, 15) is 4.39 Å². The van der Waals surface area contributed by atoms with Crippen molar-refractivity contribution in [2.45, 2.75) is 13.8 Å². The lowest BCUT2D eigenvalue weighted by molar-refractivity contribution is 0.649. The molecule has 0 radical (unpaired) electrons. The molecule has 0 amide bonds. The third-order valence-electron chi connectivity index (χ3n) is 1.23. The maximum atomic E-state index is 12.7. The molecule has 0 heterocycles. The van der Waals surface area contributed by atoms with Gasteiger partial charge in [0.1, 0.15) is 0 Å². The first-order chi connectivity index (χ1) is 5.00. The van der Waals surface area contributed by atoms with Gasteiger partial charge in [-0.2, -0.15) is 0 Å².